The molecule has 1 amide bonds. The Balaban J connectivity index is 3.44. The van der Waals surface area contributed by atoms with E-state index >= 15 is 0 Å². The van der Waals surface area contributed by atoms with Gasteiger partial charge in [-0.2, -0.15) is 11.8 Å². The highest BCUT2D eigenvalue weighted by Crippen LogP contribution is 2.03. The van der Waals surface area contributed by atoms with Crippen LogP contribution in [0.5, 0.6) is 0 Å². The van der Waals surface area contributed by atoms with Crippen molar-refractivity contribution in [1.29, 1.82) is 0 Å². The Morgan fingerprint density at radius 1 is 1.50 bits per heavy atom. The number of hydrogen-bond acceptors (Lipinski definition) is 3. The van der Waals surface area contributed by atoms with Crippen molar-refractivity contribution in [1.82, 2.24) is 5.32 Å². The van der Waals surface area contributed by atoms with Crippen molar-refractivity contribution >= 4 is 17.7 Å². The highest BCUT2D eigenvalue weighted by atomic mass is 32.2. The van der Waals surface area contributed by atoms with E-state index in [-0.39, 0.29) is 18.6 Å². The minimum atomic E-state index is -0.0747. The molecule has 0 unspecified atom stereocenters. The summed E-state index contributed by atoms with van der Waals surface area (Å²) in [5.74, 6) is 1.59. The number of carbonyl (C=O) groups excluding carboxylic acids is 1. The SMILES string of the molecule is CCCCSCC(=O)N[C@@H](CC)CO. The normalized spacial score (nSPS) is 12.5. The average molecular weight is 219 g/mol. The molecule has 0 fully saturated rings. The average Bonchev–Trinajstić information content (AvgIpc) is 2.21. The lowest BCUT2D eigenvalue weighted by Gasteiger charge is -2.13. The summed E-state index contributed by atoms with van der Waals surface area (Å²) in [6.07, 6.45) is 3.11. The van der Waals surface area contributed by atoms with Gasteiger partial charge in [-0.05, 0) is 18.6 Å². The van der Waals surface area contributed by atoms with Gasteiger partial charge in [-0.15, -0.1) is 0 Å². The van der Waals surface area contributed by atoms with Gasteiger partial charge in [0.15, 0.2) is 0 Å². The molecule has 0 saturated heterocycles. The molecule has 4 heteroatoms. The molecule has 0 aromatic rings. The summed E-state index contributed by atoms with van der Waals surface area (Å²) in [5.41, 5.74) is 0. The first-order valence-corrected chi connectivity index (χ1v) is 6.38. The predicted octanol–water partition coefficient (Wildman–Crippen LogP) is 1.41. The summed E-state index contributed by atoms with van der Waals surface area (Å²) in [4.78, 5) is 11.3. The third-order valence-electron chi connectivity index (χ3n) is 1.95. The molecule has 84 valence electrons. The topological polar surface area (TPSA) is 49.3 Å². The minimum absolute atomic E-state index is 0.0296. The monoisotopic (exact) mass is 219 g/mol. The fourth-order valence-corrected chi connectivity index (χ4v) is 1.86. The Labute approximate surface area is 90.7 Å². The van der Waals surface area contributed by atoms with E-state index in [1.165, 1.54) is 6.42 Å². The van der Waals surface area contributed by atoms with Crippen LogP contribution in [0.1, 0.15) is 33.1 Å². The molecular formula is C10H21NO2S. The minimum Gasteiger partial charge on any atom is -0.394 e. The van der Waals surface area contributed by atoms with Gasteiger partial charge >= 0.3 is 0 Å². The lowest BCUT2D eigenvalue weighted by molar-refractivity contribution is -0.119. The third-order valence-corrected chi connectivity index (χ3v) is 3.00. The van der Waals surface area contributed by atoms with Gasteiger partial charge in [0.2, 0.25) is 5.91 Å². The first-order valence-electron chi connectivity index (χ1n) is 5.22. The number of unbranched alkanes of at least 4 members (excludes halogenated alkanes) is 1. The summed E-state index contributed by atoms with van der Waals surface area (Å²) >= 11 is 1.66. The Hall–Kier alpha value is -0.220. The Morgan fingerprint density at radius 3 is 2.71 bits per heavy atom. The maximum Gasteiger partial charge on any atom is 0.230 e. The van der Waals surface area contributed by atoms with Gasteiger partial charge in [0, 0.05) is 0 Å². The van der Waals surface area contributed by atoms with Crippen LogP contribution in [0.25, 0.3) is 0 Å². The second-order valence-electron chi connectivity index (χ2n) is 3.26. The number of rotatable bonds is 8. The number of nitrogens with one attached hydrogen (secondary N) is 1. The molecule has 0 radical (unpaired) electrons. The van der Waals surface area contributed by atoms with Crippen LogP contribution in [-0.4, -0.2) is 35.2 Å². The van der Waals surface area contributed by atoms with Crippen LogP contribution in [-0.2, 0) is 4.79 Å². The number of aliphatic hydroxyl groups is 1. The molecule has 0 aliphatic carbocycles. The van der Waals surface area contributed by atoms with Crippen LogP contribution >= 0.6 is 11.8 Å². The Morgan fingerprint density at radius 2 is 2.21 bits per heavy atom. The quantitative estimate of drug-likeness (QED) is 0.607. The zero-order chi connectivity index (χ0) is 10.8. The molecule has 0 spiro atoms. The van der Waals surface area contributed by atoms with E-state index in [0.29, 0.717) is 5.75 Å². The fourth-order valence-electron chi connectivity index (χ4n) is 0.957. The van der Waals surface area contributed by atoms with E-state index in [1.54, 1.807) is 11.8 Å². The van der Waals surface area contributed by atoms with E-state index in [2.05, 4.69) is 12.2 Å². The number of amides is 1. The fraction of sp³-hybridized carbons (Fsp3) is 0.900. The number of carbonyl (C=O) groups is 1. The van der Waals surface area contributed by atoms with Gasteiger partial charge < -0.3 is 10.4 Å². The largest absolute Gasteiger partial charge is 0.394 e. The van der Waals surface area contributed by atoms with Crippen LogP contribution in [0, 0.1) is 0 Å². The molecular weight excluding hydrogens is 198 g/mol. The molecule has 0 bridgehead atoms. The van der Waals surface area contributed by atoms with Gasteiger partial charge in [-0.3, -0.25) is 4.79 Å². The standard InChI is InChI=1S/C10H21NO2S/c1-3-5-6-14-8-10(13)11-9(4-2)7-12/h9,12H,3-8H2,1-2H3,(H,11,13)/t9-/m0/s1. The maximum atomic E-state index is 11.3. The first-order chi connectivity index (χ1) is 6.74. The van der Waals surface area contributed by atoms with Gasteiger partial charge in [-0.25, -0.2) is 0 Å². The summed E-state index contributed by atoms with van der Waals surface area (Å²) < 4.78 is 0. The van der Waals surface area contributed by atoms with Crippen molar-refractivity contribution in [2.75, 3.05) is 18.1 Å². The molecule has 0 aliphatic heterocycles. The molecule has 0 heterocycles. The number of aliphatic hydroxyl groups excluding tert-OH is 1. The first kappa shape index (κ1) is 13.8. The molecule has 0 rings (SSSR count). The molecule has 0 saturated carbocycles. The van der Waals surface area contributed by atoms with Crippen LogP contribution in [0.2, 0.25) is 0 Å². The second kappa shape index (κ2) is 9.34. The zero-order valence-corrected chi connectivity index (χ0v) is 9.90. The molecule has 1 atom stereocenters. The van der Waals surface area contributed by atoms with Gasteiger partial charge in [-0.1, -0.05) is 20.3 Å². The maximum absolute atomic E-state index is 11.3. The van der Waals surface area contributed by atoms with E-state index in [4.69, 9.17) is 5.11 Å². The summed E-state index contributed by atoms with van der Waals surface area (Å²) in [5, 5.41) is 11.6. The van der Waals surface area contributed by atoms with Crippen molar-refractivity contribution in [3.63, 3.8) is 0 Å². The highest BCUT2D eigenvalue weighted by Gasteiger charge is 2.08. The smallest absolute Gasteiger partial charge is 0.230 e. The summed E-state index contributed by atoms with van der Waals surface area (Å²) in [7, 11) is 0. The second-order valence-corrected chi connectivity index (χ2v) is 4.37. The molecule has 0 aromatic heterocycles. The van der Waals surface area contributed by atoms with E-state index in [1.807, 2.05) is 6.92 Å². The van der Waals surface area contributed by atoms with Crippen molar-refractivity contribution in [3.8, 4) is 0 Å². The van der Waals surface area contributed by atoms with Gasteiger partial charge in [0.1, 0.15) is 0 Å². The van der Waals surface area contributed by atoms with Gasteiger partial charge in [0.25, 0.3) is 0 Å². The van der Waals surface area contributed by atoms with E-state index < -0.39 is 0 Å². The summed E-state index contributed by atoms with van der Waals surface area (Å²) in [6.45, 7) is 4.12. The van der Waals surface area contributed by atoms with Gasteiger partial charge in [0.05, 0.1) is 18.4 Å². The van der Waals surface area contributed by atoms with Crippen molar-refractivity contribution in [2.24, 2.45) is 0 Å². The Kier molecular flexibility index (Phi) is 9.19. The lowest BCUT2D eigenvalue weighted by Crippen LogP contribution is -2.38. The highest BCUT2D eigenvalue weighted by molar-refractivity contribution is 7.99. The van der Waals surface area contributed by atoms with E-state index in [0.717, 1.165) is 18.6 Å². The molecule has 0 aliphatic rings. The van der Waals surface area contributed by atoms with Crippen LogP contribution in [0.4, 0.5) is 0 Å². The molecule has 3 nitrogen and oxygen atoms in total. The van der Waals surface area contributed by atoms with Crippen molar-refractivity contribution in [2.45, 2.75) is 39.2 Å². The van der Waals surface area contributed by atoms with Crippen LogP contribution in [0.3, 0.4) is 0 Å². The molecule has 0 aromatic carbocycles. The number of hydrogen-bond donors (Lipinski definition) is 2. The predicted molar refractivity (Wildman–Crippen MR) is 61.5 cm³/mol. The third kappa shape index (κ3) is 7.21. The van der Waals surface area contributed by atoms with E-state index in [9.17, 15) is 4.79 Å². The van der Waals surface area contributed by atoms with Crippen LogP contribution < -0.4 is 5.32 Å². The van der Waals surface area contributed by atoms with Crippen LogP contribution in [0.15, 0.2) is 0 Å². The van der Waals surface area contributed by atoms with Crippen molar-refractivity contribution in [3.05, 3.63) is 0 Å². The Bertz CT molecular complexity index is 149. The lowest BCUT2D eigenvalue weighted by atomic mass is 10.2. The van der Waals surface area contributed by atoms with Crippen molar-refractivity contribution < 1.29 is 9.90 Å². The zero-order valence-electron chi connectivity index (χ0n) is 9.08. The molecule has 2 N–H and O–H groups in total. The molecule has 14 heavy (non-hydrogen) atoms. The summed E-state index contributed by atoms with van der Waals surface area (Å²) in [6, 6.07) is -0.0747. The number of thioether (sulfide) groups is 1.